The molecule has 16 heavy (non-hydrogen) atoms. The molecule has 1 aromatic carbocycles. The number of rotatable bonds is 4. The average Bonchev–Trinajstić information content (AvgIpc) is 2.30. The first-order chi connectivity index (χ1) is 7.56. The standard InChI is InChI=1S/C11H16BrNO3/c1-6-8(12)4-7(9(14)5-13)11(16-3)10(6)15-2/h4,9,14H,5,13H2,1-3H3. The van der Waals surface area contributed by atoms with Gasteiger partial charge in [0.2, 0.25) is 0 Å². The van der Waals surface area contributed by atoms with E-state index in [0.29, 0.717) is 17.1 Å². The minimum Gasteiger partial charge on any atom is -0.493 e. The summed E-state index contributed by atoms with van der Waals surface area (Å²) in [6.45, 7) is 2.04. The number of hydrogen-bond donors (Lipinski definition) is 2. The van der Waals surface area contributed by atoms with Crippen molar-refractivity contribution < 1.29 is 14.6 Å². The van der Waals surface area contributed by atoms with Crippen LogP contribution in [0.1, 0.15) is 17.2 Å². The zero-order chi connectivity index (χ0) is 12.3. The van der Waals surface area contributed by atoms with Gasteiger partial charge in [-0.25, -0.2) is 0 Å². The van der Waals surface area contributed by atoms with Crippen LogP contribution in [0.4, 0.5) is 0 Å². The number of aliphatic hydroxyl groups is 1. The van der Waals surface area contributed by atoms with Crippen LogP contribution in [0, 0.1) is 6.92 Å². The topological polar surface area (TPSA) is 64.7 Å². The highest BCUT2D eigenvalue weighted by Gasteiger charge is 2.20. The summed E-state index contributed by atoms with van der Waals surface area (Å²) in [6, 6.07) is 1.80. The summed E-state index contributed by atoms with van der Waals surface area (Å²) in [6.07, 6.45) is -0.763. The van der Waals surface area contributed by atoms with E-state index >= 15 is 0 Å². The predicted molar refractivity (Wildman–Crippen MR) is 66.0 cm³/mol. The normalized spacial score (nSPS) is 12.4. The first-order valence-electron chi connectivity index (χ1n) is 4.85. The van der Waals surface area contributed by atoms with Crippen LogP contribution >= 0.6 is 15.9 Å². The van der Waals surface area contributed by atoms with Crippen molar-refractivity contribution >= 4 is 15.9 Å². The molecule has 0 heterocycles. The lowest BCUT2D eigenvalue weighted by Gasteiger charge is -2.18. The third-order valence-electron chi connectivity index (χ3n) is 2.44. The Morgan fingerprint density at radius 2 is 1.94 bits per heavy atom. The van der Waals surface area contributed by atoms with Crippen molar-refractivity contribution in [3.05, 3.63) is 21.7 Å². The molecule has 0 amide bonds. The third-order valence-corrected chi connectivity index (χ3v) is 3.26. The SMILES string of the molecule is COc1c(C(O)CN)cc(Br)c(C)c1OC. The van der Waals surface area contributed by atoms with Gasteiger partial charge < -0.3 is 20.3 Å². The molecule has 0 spiro atoms. The van der Waals surface area contributed by atoms with E-state index in [-0.39, 0.29) is 6.54 Å². The Morgan fingerprint density at radius 3 is 2.38 bits per heavy atom. The molecule has 1 rings (SSSR count). The summed E-state index contributed by atoms with van der Waals surface area (Å²) in [7, 11) is 3.10. The van der Waals surface area contributed by atoms with E-state index in [2.05, 4.69) is 15.9 Å². The molecule has 0 aliphatic rings. The second kappa shape index (κ2) is 5.52. The summed E-state index contributed by atoms with van der Waals surface area (Å²) in [5.74, 6) is 1.14. The van der Waals surface area contributed by atoms with Crippen molar-refractivity contribution in [3.63, 3.8) is 0 Å². The van der Waals surface area contributed by atoms with E-state index in [1.165, 1.54) is 7.11 Å². The highest BCUT2D eigenvalue weighted by atomic mass is 79.9. The Kier molecular flexibility index (Phi) is 4.58. The van der Waals surface area contributed by atoms with Crippen LogP contribution < -0.4 is 15.2 Å². The number of methoxy groups -OCH3 is 2. The maximum atomic E-state index is 9.80. The first-order valence-corrected chi connectivity index (χ1v) is 5.65. The van der Waals surface area contributed by atoms with Crippen molar-refractivity contribution in [2.24, 2.45) is 5.73 Å². The average molecular weight is 290 g/mol. The fourth-order valence-corrected chi connectivity index (χ4v) is 1.98. The van der Waals surface area contributed by atoms with Crippen LogP contribution in [0.25, 0.3) is 0 Å². The number of benzene rings is 1. The fraction of sp³-hybridized carbons (Fsp3) is 0.455. The number of nitrogens with two attached hydrogens (primary N) is 1. The molecule has 5 heteroatoms. The molecule has 0 fully saturated rings. The van der Waals surface area contributed by atoms with Crippen molar-refractivity contribution in [2.45, 2.75) is 13.0 Å². The van der Waals surface area contributed by atoms with E-state index in [1.807, 2.05) is 6.92 Å². The van der Waals surface area contributed by atoms with Crippen LogP contribution in [0.2, 0.25) is 0 Å². The van der Waals surface area contributed by atoms with Crippen molar-refractivity contribution in [1.82, 2.24) is 0 Å². The predicted octanol–water partition coefficient (Wildman–Crippen LogP) is 1.77. The number of hydrogen-bond acceptors (Lipinski definition) is 4. The van der Waals surface area contributed by atoms with Gasteiger partial charge in [0.1, 0.15) is 0 Å². The molecule has 0 aromatic heterocycles. The maximum Gasteiger partial charge on any atom is 0.166 e. The minimum atomic E-state index is -0.763. The van der Waals surface area contributed by atoms with E-state index in [4.69, 9.17) is 15.2 Å². The van der Waals surface area contributed by atoms with Gasteiger partial charge in [-0.05, 0) is 13.0 Å². The molecule has 1 unspecified atom stereocenters. The molecule has 1 atom stereocenters. The Bertz CT molecular complexity index is 382. The van der Waals surface area contributed by atoms with Crippen LogP contribution in [-0.4, -0.2) is 25.9 Å². The monoisotopic (exact) mass is 289 g/mol. The van der Waals surface area contributed by atoms with Gasteiger partial charge in [-0.1, -0.05) is 15.9 Å². The molecule has 0 saturated carbocycles. The highest BCUT2D eigenvalue weighted by molar-refractivity contribution is 9.10. The van der Waals surface area contributed by atoms with E-state index in [9.17, 15) is 5.11 Å². The van der Waals surface area contributed by atoms with Gasteiger partial charge in [0, 0.05) is 22.1 Å². The Morgan fingerprint density at radius 1 is 1.38 bits per heavy atom. The Hall–Kier alpha value is -0.780. The van der Waals surface area contributed by atoms with Crippen LogP contribution in [0.5, 0.6) is 11.5 Å². The zero-order valence-electron chi connectivity index (χ0n) is 9.58. The summed E-state index contributed by atoms with van der Waals surface area (Å²) >= 11 is 3.41. The summed E-state index contributed by atoms with van der Waals surface area (Å²) in [5.41, 5.74) is 6.99. The lowest BCUT2D eigenvalue weighted by atomic mass is 10.0. The molecule has 0 saturated heterocycles. The third kappa shape index (κ3) is 2.31. The van der Waals surface area contributed by atoms with Gasteiger partial charge in [-0.15, -0.1) is 0 Å². The van der Waals surface area contributed by atoms with Gasteiger partial charge in [0.05, 0.1) is 20.3 Å². The van der Waals surface area contributed by atoms with Crippen LogP contribution in [0.3, 0.4) is 0 Å². The molecule has 90 valence electrons. The molecule has 0 bridgehead atoms. The lowest BCUT2D eigenvalue weighted by Crippen LogP contribution is -2.13. The summed E-state index contributed by atoms with van der Waals surface area (Å²) in [5, 5.41) is 9.80. The first kappa shape index (κ1) is 13.3. The molecule has 0 radical (unpaired) electrons. The highest BCUT2D eigenvalue weighted by Crippen LogP contribution is 2.41. The van der Waals surface area contributed by atoms with E-state index in [0.717, 1.165) is 10.0 Å². The van der Waals surface area contributed by atoms with Gasteiger partial charge in [-0.3, -0.25) is 0 Å². The zero-order valence-corrected chi connectivity index (χ0v) is 11.2. The molecule has 1 aromatic rings. The second-order valence-electron chi connectivity index (χ2n) is 3.39. The molecule has 4 nitrogen and oxygen atoms in total. The Labute approximate surface area is 103 Å². The summed E-state index contributed by atoms with van der Waals surface area (Å²) in [4.78, 5) is 0. The number of aliphatic hydroxyl groups excluding tert-OH is 1. The summed E-state index contributed by atoms with van der Waals surface area (Å²) < 4.78 is 11.4. The second-order valence-corrected chi connectivity index (χ2v) is 4.24. The Balaban J connectivity index is 3.43. The molecule has 0 aliphatic heterocycles. The number of ether oxygens (including phenoxy) is 2. The molecular weight excluding hydrogens is 274 g/mol. The largest absolute Gasteiger partial charge is 0.493 e. The van der Waals surface area contributed by atoms with Gasteiger partial charge in [0.15, 0.2) is 11.5 Å². The molecule has 3 N–H and O–H groups in total. The van der Waals surface area contributed by atoms with Crippen molar-refractivity contribution in [3.8, 4) is 11.5 Å². The van der Waals surface area contributed by atoms with Crippen molar-refractivity contribution in [2.75, 3.05) is 20.8 Å². The van der Waals surface area contributed by atoms with Crippen LogP contribution in [-0.2, 0) is 0 Å². The number of halogens is 1. The van der Waals surface area contributed by atoms with Crippen LogP contribution in [0.15, 0.2) is 10.5 Å². The molecular formula is C11H16BrNO3. The maximum absolute atomic E-state index is 9.80. The van der Waals surface area contributed by atoms with E-state index < -0.39 is 6.10 Å². The van der Waals surface area contributed by atoms with Gasteiger partial charge in [0.25, 0.3) is 0 Å². The molecule has 0 aliphatic carbocycles. The quantitative estimate of drug-likeness (QED) is 0.887. The fourth-order valence-electron chi connectivity index (χ4n) is 1.55. The smallest absolute Gasteiger partial charge is 0.166 e. The van der Waals surface area contributed by atoms with E-state index in [1.54, 1.807) is 13.2 Å². The van der Waals surface area contributed by atoms with Gasteiger partial charge in [-0.2, -0.15) is 0 Å². The lowest BCUT2D eigenvalue weighted by molar-refractivity contribution is 0.181. The van der Waals surface area contributed by atoms with Gasteiger partial charge >= 0.3 is 0 Å². The minimum absolute atomic E-state index is 0.134. The van der Waals surface area contributed by atoms with Crippen molar-refractivity contribution in [1.29, 1.82) is 0 Å².